The molecule has 0 bridgehead atoms. The van der Waals surface area contributed by atoms with E-state index in [1.807, 2.05) is 30.3 Å². The molecule has 2 aliphatic rings. The lowest BCUT2D eigenvalue weighted by Gasteiger charge is -2.44. The van der Waals surface area contributed by atoms with Gasteiger partial charge in [-0.25, -0.2) is 8.78 Å². The maximum Gasteiger partial charge on any atom is 0.161 e. The van der Waals surface area contributed by atoms with Crippen molar-refractivity contribution in [2.24, 2.45) is 4.99 Å². The van der Waals surface area contributed by atoms with Crippen LogP contribution in [0.4, 0.5) is 20.2 Å². The van der Waals surface area contributed by atoms with Crippen LogP contribution in [0, 0.1) is 11.6 Å². The Bertz CT molecular complexity index is 796. The molecule has 1 heterocycles. The Morgan fingerprint density at radius 2 is 1.60 bits per heavy atom. The molecule has 0 unspecified atom stereocenters. The minimum atomic E-state index is -0.852. The number of nitrogens with zero attached hydrogens (tertiary/aromatic N) is 1. The van der Waals surface area contributed by atoms with E-state index >= 15 is 0 Å². The van der Waals surface area contributed by atoms with Crippen LogP contribution in [-0.2, 0) is 6.54 Å². The number of benzene rings is 2. The van der Waals surface area contributed by atoms with Crippen molar-refractivity contribution in [2.45, 2.75) is 44.2 Å². The molecule has 2 aromatic rings. The molecule has 0 amide bonds. The van der Waals surface area contributed by atoms with E-state index in [1.165, 1.54) is 18.6 Å². The number of aliphatic imine (C=N–C) groups is 1. The molecule has 2 N–H and O–H groups in total. The van der Waals surface area contributed by atoms with Gasteiger partial charge in [0.1, 0.15) is 5.84 Å². The van der Waals surface area contributed by atoms with Crippen LogP contribution in [0.15, 0.2) is 47.5 Å². The van der Waals surface area contributed by atoms with Gasteiger partial charge in [-0.3, -0.25) is 4.99 Å². The molecule has 1 aliphatic carbocycles. The van der Waals surface area contributed by atoms with Crippen LogP contribution < -0.4 is 10.6 Å². The van der Waals surface area contributed by atoms with Gasteiger partial charge in [0.2, 0.25) is 0 Å². The van der Waals surface area contributed by atoms with Crippen LogP contribution >= 0.6 is 0 Å². The van der Waals surface area contributed by atoms with Crippen molar-refractivity contribution in [3.8, 4) is 0 Å². The second-order valence-electron chi connectivity index (χ2n) is 6.86. The normalized spacial score (nSPS) is 20.0. The number of nitrogens with one attached hydrogen (secondary N) is 2. The zero-order valence-electron chi connectivity index (χ0n) is 14.0. The summed E-state index contributed by atoms with van der Waals surface area (Å²) in [7, 11) is 0. The molecule has 1 fully saturated rings. The molecule has 1 spiro atoms. The summed E-state index contributed by atoms with van der Waals surface area (Å²) in [4.78, 5) is 4.81. The minimum absolute atomic E-state index is 0.315. The maximum absolute atomic E-state index is 13.7. The summed E-state index contributed by atoms with van der Waals surface area (Å²) in [6.45, 7) is 0.561. The van der Waals surface area contributed by atoms with Crippen molar-refractivity contribution in [3.05, 3.63) is 59.7 Å². The van der Waals surface area contributed by atoms with Gasteiger partial charge < -0.3 is 10.6 Å². The Morgan fingerprint density at radius 3 is 2.32 bits per heavy atom. The quantitative estimate of drug-likeness (QED) is 0.797. The Morgan fingerprint density at radius 1 is 0.920 bits per heavy atom. The van der Waals surface area contributed by atoms with Gasteiger partial charge in [-0.2, -0.15) is 0 Å². The van der Waals surface area contributed by atoms with E-state index in [0.29, 0.717) is 17.9 Å². The lowest BCUT2D eigenvalue weighted by Crippen LogP contribution is -2.53. The molecule has 4 rings (SSSR count). The molecular formula is C20H21F2N3. The van der Waals surface area contributed by atoms with E-state index in [9.17, 15) is 8.78 Å². The summed E-state index contributed by atoms with van der Waals surface area (Å²) in [5, 5.41) is 6.74. The summed E-state index contributed by atoms with van der Waals surface area (Å²) < 4.78 is 27.3. The SMILES string of the molecule is Fc1cc2c(cc1F)NC1(CCCCC1)C(=NCc1ccccc1)N2. The van der Waals surface area contributed by atoms with Gasteiger partial charge in [-0.15, -0.1) is 0 Å². The second-order valence-corrected chi connectivity index (χ2v) is 6.86. The van der Waals surface area contributed by atoms with Crippen LogP contribution in [0.25, 0.3) is 0 Å². The average Bonchev–Trinajstić information content (AvgIpc) is 2.63. The van der Waals surface area contributed by atoms with Crippen molar-refractivity contribution >= 4 is 17.2 Å². The molecule has 0 aromatic heterocycles. The fraction of sp³-hybridized carbons (Fsp3) is 0.350. The van der Waals surface area contributed by atoms with E-state index in [1.54, 1.807) is 0 Å². The van der Waals surface area contributed by atoms with E-state index < -0.39 is 11.6 Å². The lowest BCUT2D eigenvalue weighted by molar-refractivity contribution is 0.402. The lowest BCUT2D eigenvalue weighted by atomic mass is 9.79. The number of rotatable bonds is 2. The molecule has 0 radical (unpaired) electrons. The third-order valence-electron chi connectivity index (χ3n) is 5.11. The molecule has 2 aromatic carbocycles. The van der Waals surface area contributed by atoms with E-state index in [2.05, 4.69) is 10.6 Å². The van der Waals surface area contributed by atoms with Crippen LogP contribution in [0.5, 0.6) is 0 Å². The molecule has 0 atom stereocenters. The first kappa shape index (κ1) is 16.1. The maximum atomic E-state index is 13.7. The highest BCUT2D eigenvalue weighted by Crippen LogP contribution is 2.40. The van der Waals surface area contributed by atoms with Crippen LogP contribution in [0.1, 0.15) is 37.7 Å². The number of anilines is 2. The second kappa shape index (κ2) is 6.47. The van der Waals surface area contributed by atoms with Gasteiger partial charge in [-0.1, -0.05) is 49.6 Å². The third kappa shape index (κ3) is 3.11. The summed E-state index contributed by atoms with van der Waals surface area (Å²) >= 11 is 0. The van der Waals surface area contributed by atoms with E-state index in [-0.39, 0.29) is 5.54 Å². The van der Waals surface area contributed by atoms with Crippen LogP contribution in [-0.4, -0.2) is 11.4 Å². The van der Waals surface area contributed by atoms with Crippen LogP contribution in [0.2, 0.25) is 0 Å². The highest BCUT2D eigenvalue weighted by molar-refractivity contribution is 6.09. The zero-order chi connectivity index (χ0) is 17.3. The number of fused-ring (bicyclic) bond motifs is 1. The summed E-state index contributed by atoms with van der Waals surface area (Å²) in [5.41, 5.74) is 1.96. The van der Waals surface area contributed by atoms with Gasteiger partial charge in [-0.05, 0) is 18.4 Å². The topological polar surface area (TPSA) is 36.4 Å². The standard InChI is InChI=1S/C20H21F2N3/c21-15-11-17-18(12-16(15)22)25-20(9-5-2-6-10-20)19(24-17)23-13-14-7-3-1-4-8-14/h1,3-4,7-8,11-12,25H,2,5-6,9-10,13H2,(H,23,24). The number of hydrogen-bond acceptors (Lipinski definition) is 2. The van der Waals surface area contributed by atoms with Gasteiger partial charge in [0.25, 0.3) is 0 Å². The molecule has 1 saturated carbocycles. The number of hydrogen-bond donors (Lipinski definition) is 2. The van der Waals surface area contributed by atoms with Crippen molar-refractivity contribution < 1.29 is 8.78 Å². The number of amidine groups is 1. The highest BCUT2D eigenvalue weighted by Gasteiger charge is 2.41. The summed E-state index contributed by atoms with van der Waals surface area (Å²) in [5.74, 6) is -0.853. The molecule has 0 saturated heterocycles. The van der Waals surface area contributed by atoms with E-state index in [0.717, 1.165) is 37.1 Å². The Labute approximate surface area is 146 Å². The highest BCUT2D eigenvalue weighted by atomic mass is 19.2. The molecule has 3 nitrogen and oxygen atoms in total. The van der Waals surface area contributed by atoms with Gasteiger partial charge >= 0.3 is 0 Å². The smallest absolute Gasteiger partial charge is 0.161 e. The monoisotopic (exact) mass is 341 g/mol. The predicted octanol–water partition coefficient (Wildman–Crippen LogP) is 5.10. The van der Waals surface area contributed by atoms with Gasteiger partial charge in [0.05, 0.1) is 23.5 Å². The average molecular weight is 341 g/mol. The van der Waals surface area contributed by atoms with E-state index in [4.69, 9.17) is 4.99 Å². The fourth-order valence-corrected chi connectivity index (χ4v) is 3.78. The fourth-order valence-electron chi connectivity index (χ4n) is 3.78. The number of halogens is 2. The third-order valence-corrected chi connectivity index (χ3v) is 5.11. The van der Waals surface area contributed by atoms with Crippen LogP contribution in [0.3, 0.4) is 0 Å². The van der Waals surface area contributed by atoms with Crippen molar-refractivity contribution in [1.29, 1.82) is 0 Å². The van der Waals surface area contributed by atoms with Crippen molar-refractivity contribution in [2.75, 3.05) is 10.6 Å². The van der Waals surface area contributed by atoms with Gasteiger partial charge in [0, 0.05) is 12.1 Å². The molecule has 1 aliphatic heterocycles. The Hall–Kier alpha value is -2.43. The first-order chi connectivity index (χ1) is 12.2. The summed E-state index contributed by atoms with van der Waals surface area (Å²) in [6.07, 6.45) is 5.26. The Kier molecular flexibility index (Phi) is 4.15. The van der Waals surface area contributed by atoms with Crippen molar-refractivity contribution in [3.63, 3.8) is 0 Å². The summed E-state index contributed by atoms with van der Waals surface area (Å²) in [6, 6.07) is 12.5. The first-order valence-electron chi connectivity index (χ1n) is 8.79. The molecule has 25 heavy (non-hydrogen) atoms. The molecular weight excluding hydrogens is 320 g/mol. The zero-order valence-corrected chi connectivity index (χ0v) is 14.0. The minimum Gasteiger partial charge on any atom is -0.371 e. The predicted molar refractivity (Wildman–Crippen MR) is 97.0 cm³/mol. The Balaban J connectivity index is 1.70. The first-order valence-corrected chi connectivity index (χ1v) is 8.79. The van der Waals surface area contributed by atoms with Gasteiger partial charge in [0.15, 0.2) is 11.6 Å². The van der Waals surface area contributed by atoms with Crippen molar-refractivity contribution in [1.82, 2.24) is 0 Å². The largest absolute Gasteiger partial charge is 0.371 e. The molecule has 130 valence electrons. The molecule has 5 heteroatoms.